The van der Waals surface area contributed by atoms with Crippen LogP contribution in [0.4, 0.5) is 4.79 Å². The molecule has 164 valence electrons. The van der Waals surface area contributed by atoms with Crippen molar-refractivity contribution in [2.24, 2.45) is 0 Å². The van der Waals surface area contributed by atoms with Gasteiger partial charge in [0.2, 0.25) is 0 Å². The van der Waals surface area contributed by atoms with Crippen molar-refractivity contribution in [3.05, 3.63) is 40.1 Å². The minimum absolute atomic E-state index is 0.0370. The molecule has 1 unspecified atom stereocenters. The number of piperidine rings is 1. The highest BCUT2D eigenvalue weighted by Crippen LogP contribution is 2.41. The fourth-order valence-electron chi connectivity index (χ4n) is 4.48. The maximum atomic E-state index is 13.5. The van der Waals surface area contributed by atoms with E-state index in [1.807, 2.05) is 11.8 Å². The summed E-state index contributed by atoms with van der Waals surface area (Å²) in [4.78, 5) is 27.7. The molecule has 6 heteroatoms. The summed E-state index contributed by atoms with van der Waals surface area (Å²) in [7, 11) is 0. The van der Waals surface area contributed by atoms with E-state index in [4.69, 9.17) is 14.2 Å². The molecule has 1 atom stereocenters. The molecular formula is C24H33NO5. The molecule has 2 heterocycles. The van der Waals surface area contributed by atoms with E-state index in [-0.39, 0.29) is 18.6 Å². The lowest BCUT2D eigenvalue weighted by atomic mass is 9.89. The third-order valence-electron chi connectivity index (χ3n) is 5.83. The molecule has 0 spiro atoms. The Morgan fingerprint density at radius 3 is 2.43 bits per heavy atom. The van der Waals surface area contributed by atoms with Crippen molar-refractivity contribution in [2.75, 3.05) is 26.4 Å². The van der Waals surface area contributed by atoms with Crippen LogP contribution in [-0.2, 0) is 31.8 Å². The summed E-state index contributed by atoms with van der Waals surface area (Å²) in [6.07, 6.45) is 3.60. The van der Waals surface area contributed by atoms with Crippen LogP contribution >= 0.6 is 0 Å². The molecule has 30 heavy (non-hydrogen) atoms. The summed E-state index contributed by atoms with van der Waals surface area (Å²) in [6.45, 7) is 9.84. The van der Waals surface area contributed by atoms with E-state index in [0.717, 1.165) is 48.8 Å². The molecule has 1 saturated heterocycles. The van der Waals surface area contributed by atoms with Crippen LogP contribution in [0.5, 0.6) is 0 Å². The Hall–Kier alpha value is -2.34. The van der Waals surface area contributed by atoms with Gasteiger partial charge in [0.15, 0.2) is 0 Å². The van der Waals surface area contributed by atoms with Gasteiger partial charge in [-0.2, -0.15) is 0 Å². The molecule has 2 aliphatic heterocycles. The van der Waals surface area contributed by atoms with E-state index in [0.29, 0.717) is 31.1 Å². The van der Waals surface area contributed by atoms with Crippen molar-refractivity contribution >= 4 is 17.6 Å². The molecule has 0 N–H and O–H groups in total. The van der Waals surface area contributed by atoms with Crippen molar-refractivity contribution < 1.29 is 23.8 Å². The number of rotatable bonds is 8. The summed E-state index contributed by atoms with van der Waals surface area (Å²) >= 11 is 0. The highest BCUT2D eigenvalue weighted by atomic mass is 16.7. The molecule has 6 nitrogen and oxygen atoms in total. The van der Waals surface area contributed by atoms with Crippen molar-refractivity contribution in [1.82, 2.24) is 4.90 Å². The number of ether oxygens (including phenoxy) is 3. The highest BCUT2D eigenvalue weighted by Gasteiger charge is 2.44. The first-order valence-electron chi connectivity index (χ1n) is 11.1. The van der Waals surface area contributed by atoms with Gasteiger partial charge in [-0.25, -0.2) is 4.79 Å². The summed E-state index contributed by atoms with van der Waals surface area (Å²) in [5, 5.41) is 0. The first-order valence-corrected chi connectivity index (χ1v) is 11.1. The average molecular weight is 416 g/mol. The molecule has 0 radical (unpaired) electrons. The Morgan fingerprint density at radius 1 is 1.10 bits per heavy atom. The van der Waals surface area contributed by atoms with E-state index >= 15 is 0 Å². The van der Waals surface area contributed by atoms with Crippen LogP contribution in [-0.4, -0.2) is 49.4 Å². The van der Waals surface area contributed by atoms with Crippen molar-refractivity contribution in [1.29, 1.82) is 0 Å². The quantitative estimate of drug-likeness (QED) is 0.465. The Kier molecular flexibility index (Phi) is 7.53. The molecular weight excluding hydrogens is 382 g/mol. The summed E-state index contributed by atoms with van der Waals surface area (Å²) < 4.78 is 16.1. The molecule has 0 aliphatic carbocycles. The standard InChI is InChI=1S/C24H33NO5/c1-5-17-14-16(4)15-18(6-2)20(17)21-22(30-24(27)29-13-12-28-7-3)19-10-8-9-11-25(19)23(21)26/h14-15,19H,5-13H2,1-4H3. The smallest absolute Gasteiger partial charge is 0.432 e. The van der Waals surface area contributed by atoms with Gasteiger partial charge in [-0.05, 0) is 62.6 Å². The molecule has 2 aliphatic rings. The van der Waals surface area contributed by atoms with Gasteiger partial charge in [-0.1, -0.05) is 31.5 Å². The second-order valence-electron chi connectivity index (χ2n) is 7.81. The number of hydrogen-bond donors (Lipinski definition) is 0. The zero-order valence-corrected chi connectivity index (χ0v) is 18.6. The minimum Gasteiger partial charge on any atom is -0.432 e. The van der Waals surface area contributed by atoms with Crippen LogP contribution in [0.2, 0.25) is 0 Å². The first-order chi connectivity index (χ1) is 14.5. The maximum absolute atomic E-state index is 13.5. The van der Waals surface area contributed by atoms with Gasteiger partial charge < -0.3 is 19.1 Å². The SMILES string of the molecule is CCOCCOC(=O)OC1=C(c2c(CC)cc(C)cc2CC)C(=O)N2CCCCC12. The number of amides is 1. The second kappa shape index (κ2) is 10.1. The Bertz CT molecular complexity index is 804. The molecule has 0 bridgehead atoms. The number of aryl methyl sites for hydroxylation is 3. The Labute approximate surface area is 179 Å². The lowest BCUT2D eigenvalue weighted by molar-refractivity contribution is -0.126. The molecule has 0 saturated carbocycles. The maximum Gasteiger partial charge on any atom is 0.513 e. The number of fused-ring (bicyclic) bond motifs is 1. The Morgan fingerprint density at radius 2 is 1.80 bits per heavy atom. The third-order valence-corrected chi connectivity index (χ3v) is 5.83. The molecule has 3 rings (SSSR count). The normalized spacial score (nSPS) is 18.6. The minimum atomic E-state index is -0.773. The zero-order chi connectivity index (χ0) is 21.7. The molecule has 1 fully saturated rings. The van der Waals surface area contributed by atoms with Gasteiger partial charge in [-0.15, -0.1) is 0 Å². The van der Waals surface area contributed by atoms with E-state index in [9.17, 15) is 9.59 Å². The van der Waals surface area contributed by atoms with Crippen LogP contribution in [0.15, 0.2) is 17.9 Å². The lowest BCUT2D eigenvalue weighted by Gasteiger charge is -2.30. The zero-order valence-electron chi connectivity index (χ0n) is 18.6. The topological polar surface area (TPSA) is 65.1 Å². The summed E-state index contributed by atoms with van der Waals surface area (Å²) in [6, 6.07) is 4.06. The summed E-state index contributed by atoms with van der Waals surface area (Å²) in [5.41, 5.74) is 4.87. The first kappa shape index (κ1) is 22.3. The van der Waals surface area contributed by atoms with Crippen molar-refractivity contribution in [3.63, 3.8) is 0 Å². The number of nitrogens with zero attached hydrogens (tertiary/aromatic N) is 1. The van der Waals surface area contributed by atoms with Gasteiger partial charge in [0.05, 0.1) is 18.2 Å². The van der Waals surface area contributed by atoms with Crippen LogP contribution in [0.25, 0.3) is 5.57 Å². The second-order valence-corrected chi connectivity index (χ2v) is 7.81. The van der Waals surface area contributed by atoms with Gasteiger partial charge in [0.25, 0.3) is 5.91 Å². The van der Waals surface area contributed by atoms with Gasteiger partial charge in [-0.3, -0.25) is 4.79 Å². The number of carbonyl (C=O) groups is 2. The largest absolute Gasteiger partial charge is 0.513 e. The lowest BCUT2D eigenvalue weighted by Crippen LogP contribution is -2.40. The van der Waals surface area contributed by atoms with Crippen LogP contribution in [0.3, 0.4) is 0 Å². The Balaban J connectivity index is 2.02. The predicted molar refractivity (Wildman–Crippen MR) is 115 cm³/mol. The number of carbonyl (C=O) groups excluding carboxylic acids is 2. The van der Waals surface area contributed by atoms with E-state index in [2.05, 4.69) is 32.9 Å². The van der Waals surface area contributed by atoms with Gasteiger partial charge in [0.1, 0.15) is 12.4 Å². The molecule has 1 aromatic carbocycles. The van der Waals surface area contributed by atoms with Crippen LogP contribution in [0.1, 0.15) is 62.3 Å². The van der Waals surface area contributed by atoms with Crippen molar-refractivity contribution in [3.8, 4) is 0 Å². The van der Waals surface area contributed by atoms with Crippen LogP contribution < -0.4 is 0 Å². The fraction of sp³-hybridized carbons (Fsp3) is 0.583. The molecule has 1 amide bonds. The third kappa shape index (κ3) is 4.53. The van der Waals surface area contributed by atoms with E-state index < -0.39 is 6.16 Å². The van der Waals surface area contributed by atoms with E-state index in [1.165, 1.54) is 5.56 Å². The number of benzene rings is 1. The van der Waals surface area contributed by atoms with Crippen molar-refractivity contribution in [2.45, 2.75) is 65.8 Å². The monoisotopic (exact) mass is 415 g/mol. The van der Waals surface area contributed by atoms with Gasteiger partial charge in [0, 0.05) is 13.2 Å². The average Bonchev–Trinajstić information content (AvgIpc) is 3.02. The fourth-order valence-corrected chi connectivity index (χ4v) is 4.48. The molecule has 1 aromatic rings. The number of hydrogen-bond acceptors (Lipinski definition) is 5. The molecule has 0 aromatic heterocycles. The van der Waals surface area contributed by atoms with E-state index in [1.54, 1.807) is 0 Å². The predicted octanol–water partition coefficient (Wildman–Crippen LogP) is 4.42. The highest BCUT2D eigenvalue weighted by molar-refractivity contribution is 6.23. The summed E-state index contributed by atoms with van der Waals surface area (Å²) in [5.74, 6) is 0.416. The van der Waals surface area contributed by atoms with Gasteiger partial charge >= 0.3 is 6.16 Å². The van der Waals surface area contributed by atoms with Crippen LogP contribution in [0, 0.1) is 6.92 Å².